The molecule has 8 heteroatoms. The molecule has 0 saturated carbocycles. The largest absolute Gasteiger partial charge is 0.482 e. The van der Waals surface area contributed by atoms with E-state index in [0.717, 1.165) is 10.0 Å². The van der Waals surface area contributed by atoms with Crippen LogP contribution in [-0.4, -0.2) is 25.4 Å². The molecule has 20 heavy (non-hydrogen) atoms. The van der Waals surface area contributed by atoms with Crippen LogP contribution in [0, 0.1) is 0 Å². The van der Waals surface area contributed by atoms with Crippen LogP contribution in [0.1, 0.15) is 12.0 Å². The van der Waals surface area contributed by atoms with Gasteiger partial charge in [-0.2, -0.15) is 22.0 Å². The van der Waals surface area contributed by atoms with Gasteiger partial charge < -0.3 is 10.1 Å². The van der Waals surface area contributed by atoms with Gasteiger partial charge >= 0.3 is 12.3 Å². The van der Waals surface area contributed by atoms with E-state index in [0.29, 0.717) is 6.54 Å². The average Bonchev–Trinajstić information content (AvgIpc) is 2.34. The van der Waals surface area contributed by atoms with Crippen molar-refractivity contribution in [2.75, 3.05) is 13.2 Å². The molecule has 1 N–H and O–H groups in total. The zero-order chi connectivity index (χ0) is 15.2. The summed E-state index contributed by atoms with van der Waals surface area (Å²) in [6.07, 6.45) is -10.7. The third-order valence-electron chi connectivity index (χ3n) is 2.38. The minimum Gasteiger partial charge on any atom is -0.313 e. The number of ether oxygens (including phenoxy) is 1. The molecule has 2 nitrogen and oxygen atoms in total. The van der Waals surface area contributed by atoms with E-state index in [-0.39, 0.29) is 13.0 Å². The van der Waals surface area contributed by atoms with E-state index in [4.69, 9.17) is 0 Å². The molecule has 114 valence electrons. The van der Waals surface area contributed by atoms with Gasteiger partial charge in [-0.3, -0.25) is 0 Å². The minimum absolute atomic E-state index is 0.0517. The molecular weight excluding hydrogens is 349 g/mol. The average molecular weight is 362 g/mol. The van der Waals surface area contributed by atoms with Crippen LogP contribution in [0.4, 0.5) is 22.0 Å². The molecule has 1 aromatic rings. The fraction of sp³-hybridized carbons (Fsp3) is 0.500. The van der Waals surface area contributed by atoms with Crippen molar-refractivity contribution in [3.63, 3.8) is 0 Å². The van der Waals surface area contributed by atoms with Crippen LogP contribution in [-0.2, 0) is 11.3 Å². The van der Waals surface area contributed by atoms with Crippen molar-refractivity contribution in [3.8, 4) is 0 Å². The van der Waals surface area contributed by atoms with Crippen molar-refractivity contribution in [1.29, 1.82) is 0 Å². The standard InChI is InChI=1S/C12H13BrF5NO/c13-10-5-2-1-4-9(10)8-19-6-3-7-20-12(17,18)11(14,15)16/h1-2,4-5,19H,3,6-8H2. The number of nitrogens with one attached hydrogen (secondary N) is 1. The van der Waals surface area contributed by atoms with Crippen molar-refractivity contribution < 1.29 is 26.7 Å². The second-order valence-electron chi connectivity index (χ2n) is 3.98. The van der Waals surface area contributed by atoms with E-state index in [1.54, 1.807) is 0 Å². The van der Waals surface area contributed by atoms with Gasteiger partial charge in [0.05, 0.1) is 6.61 Å². The first kappa shape index (κ1) is 17.3. The molecule has 0 saturated heterocycles. The third-order valence-corrected chi connectivity index (χ3v) is 3.16. The van der Waals surface area contributed by atoms with Crippen molar-refractivity contribution in [2.45, 2.75) is 25.3 Å². The van der Waals surface area contributed by atoms with Gasteiger partial charge in [-0.25, -0.2) is 0 Å². The lowest BCUT2D eigenvalue weighted by Crippen LogP contribution is -2.39. The molecule has 0 bridgehead atoms. The van der Waals surface area contributed by atoms with Gasteiger partial charge in [-0.1, -0.05) is 34.1 Å². The summed E-state index contributed by atoms with van der Waals surface area (Å²) < 4.78 is 64.6. The summed E-state index contributed by atoms with van der Waals surface area (Å²) in [4.78, 5) is 0. The number of halogens is 6. The summed E-state index contributed by atoms with van der Waals surface area (Å²) in [6, 6.07) is 7.41. The molecule has 0 fully saturated rings. The summed E-state index contributed by atoms with van der Waals surface area (Å²) in [6.45, 7) is 0.0851. The second kappa shape index (κ2) is 7.33. The molecule has 0 amide bonds. The Balaban J connectivity index is 2.19. The molecule has 0 atom stereocenters. The molecule has 1 aromatic carbocycles. The number of hydrogen-bond donors (Lipinski definition) is 1. The lowest BCUT2D eigenvalue weighted by atomic mass is 10.2. The smallest absolute Gasteiger partial charge is 0.313 e. The summed E-state index contributed by atoms with van der Waals surface area (Å²) in [5.41, 5.74) is 0.967. The Bertz CT molecular complexity index is 425. The van der Waals surface area contributed by atoms with Crippen molar-refractivity contribution in [2.24, 2.45) is 0 Å². The molecule has 1 rings (SSSR count). The summed E-state index contributed by atoms with van der Waals surface area (Å²) in [5.74, 6) is 0. The Kier molecular flexibility index (Phi) is 6.35. The van der Waals surface area contributed by atoms with Gasteiger partial charge in [-0.15, -0.1) is 0 Å². The lowest BCUT2D eigenvalue weighted by Gasteiger charge is -2.19. The van der Waals surface area contributed by atoms with E-state index in [1.807, 2.05) is 24.3 Å². The van der Waals surface area contributed by atoms with Crippen LogP contribution in [0.3, 0.4) is 0 Å². The Labute approximate surface area is 121 Å². The summed E-state index contributed by atoms with van der Waals surface area (Å²) in [5, 5.41) is 2.93. The molecule has 0 aromatic heterocycles. The van der Waals surface area contributed by atoms with Crippen LogP contribution in [0.25, 0.3) is 0 Å². The topological polar surface area (TPSA) is 21.3 Å². The number of rotatable bonds is 7. The zero-order valence-electron chi connectivity index (χ0n) is 10.3. The number of alkyl halides is 5. The van der Waals surface area contributed by atoms with Gasteiger partial charge in [-0.05, 0) is 24.6 Å². The summed E-state index contributed by atoms with van der Waals surface area (Å²) >= 11 is 3.34. The second-order valence-corrected chi connectivity index (χ2v) is 4.84. The molecule has 0 heterocycles. The van der Waals surface area contributed by atoms with Crippen LogP contribution in [0.2, 0.25) is 0 Å². The first-order chi connectivity index (χ1) is 9.24. The maximum atomic E-state index is 12.4. The van der Waals surface area contributed by atoms with Crippen molar-refractivity contribution >= 4 is 15.9 Å². The predicted octanol–water partition coefficient (Wildman–Crippen LogP) is 4.10. The van der Waals surface area contributed by atoms with E-state index in [1.165, 1.54) is 0 Å². The van der Waals surface area contributed by atoms with E-state index < -0.39 is 18.9 Å². The SMILES string of the molecule is FC(F)(F)C(F)(F)OCCCNCc1ccccc1Br. The van der Waals surface area contributed by atoms with E-state index >= 15 is 0 Å². The fourth-order valence-corrected chi connectivity index (χ4v) is 1.77. The monoisotopic (exact) mass is 361 g/mol. The highest BCUT2D eigenvalue weighted by atomic mass is 79.9. The molecule has 0 radical (unpaired) electrons. The maximum Gasteiger partial charge on any atom is 0.482 e. The molecule has 0 aliphatic rings. The van der Waals surface area contributed by atoms with Crippen molar-refractivity contribution in [3.05, 3.63) is 34.3 Å². The maximum absolute atomic E-state index is 12.4. The Morgan fingerprint density at radius 2 is 1.75 bits per heavy atom. The van der Waals surface area contributed by atoms with Crippen LogP contribution in [0.5, 0.6) is 0 Å². The highest BCUT2D eigenvalue weighted by Gasteiger charge is 2.59. The highest BCUT2D eigenvalue weighted by molar-refractivity contribution is 9.10. The fourth-order valence-electron chi connectivity index (χ4n) is 1.34. The Morgan fingerprint density at radius 3 is 2.35 bits per heavy atom. The molecule has 0 aliphatic carbocycles. The normalized spacial score (nSPS) is 12.7. The van der Waals surface area contributed by atoms with Gasteiger partial charge in [0, 0.05) is 11.0 Å². The van der Waals surface area contributed by atoms with Crippen LogP contribution >= 0.6 is 15.9 Å². The third kappa shape index (κ3) is 5.34. The molecule has 0 spiro atoms. The van der Waals surface area contributed by atoms with Crippen LogP contribution < -0.4 is 5.32 Å². The summed E-state index contributed by atoms with van der Waals surface area (Å²) in [7, 11) is 0. The Morgan fingerprint density at radius 1 is 1.10 bits per heavy atom. The zero-order valence-corrected chi connectivity index (χ0v) is 11.9. The van der Waals surface area contributed by atoms with Gasteiger partial charge in [0.1, 0.15) is 0 Å². The molecule has 0 aliphatic heterocycles. The van der Waals surface area contributed by atoms with Crippen molar-refractivity contribution in [1.82, 2.24) is 5.32 Å². The van der Waals surface area contributed by atoms with E-state index in [2.05, 4.69) is 26.0 Å². The minimum atomic E-state index is -5.67. The molecule has 0 unspecified atom stereocenters. The quantitative estimate of drug-likeness (QED) is 0.583. The van der Waals surface area contributed by atoms with E-state index in [9.17, 15) is 22.0 Å². The number of benzene rings is 1. The Hall–Kier alpha value is -0.730. The highest BCUT2D eigenvalue weighted by Crippen LogP contribution is 2.36. The molecular formula is C12H13BrF5NO. The van der Waals surface area contributed by atoms with Gasteiger partial charge in [0.15, 0.2) is 0 Å². The van der Waals surface area contributed by atoms with Crippen LogP contribution in [0.15, 0.2) is 28.7 Å². The van der Waals surface area contributed by atoms with Gasteiger partial charge in [0.2, 0.25) is 0 Å². The first-order valence-electron chi connectivity index (χ1n) is 5.76. The van der Waals surface area contributed by atoms with Gasteiger partial charge in [0.25, 0.3) is 0 Å². The lowest BCUT2D eigenvalue weighted by molar-refractivity contribution is -0.391. The predicted molar refractivity (Wildman–Crippen MR) is 67.4 cm³/mol. The number of hydrogen-bond acceptors (Lipinski definition) is 2. The first-order valence-corrected chi connectivity index (χ1v) is 6.56.